The van der Waals surface area contributed by atoms with Crippen molar-refractivity contribution in [3.05, 3.63) is 44.9 Å². The highest BCUT2D eigenvalue weighted by Crippen LogP contribution is 2.24. The molecule has 8 heteroatoms. The lowest BCUT2D eigenvalue weighted by atomic mass is 10.2. The van der Waals surface area contributed by atoms with Crippen LogP contribution in [-0.4, -0.2) is 23.3 Å². The van der Waals surface area contributed by atoms with Crippen molar-refractivity contribution in [1.82, 2.24) is 10.3 Å². The smallest absolute Gasteiger partial charge is 0.261 e. The predicted octanol–water partition coefficient (Wildman–Crippen LogP) is 4.14. The van der Waals surface area contributed by atoms with E-state index in [1.54, 1.807) is 30.3 Å². The van der Waals surface area contributed by atoms with Gasteiger partial charge in [0.15, 0.2) is 11.5 Å². The van der Waals surface area contributed by atoms with Gasteiger partial charge in [-0.25, -0.2) is 4.98 Å². The number of nitrogens with zero attached hydrogens (tertiary/aromatic N) is 1. The van der Waals surface area contributed by atoms with Crippen LogP contribution in [0.25, 0.3) is 11.1 Å². The Morgan fingerprint density at radius 3 is 2.76 bits per heavy atom. The number of anilines is 1. The zero-order valence-corrected chi connectivity index (χ0v) is 16.0. The van der Waals surface area contributed by atoms with Crippen molar-refractivity contribution in [3.63, 3.8) is 0 Å². The largest absolute Gasteiger partial charge is 0.440 e. The van der Waals surface area contributed by atoms with E-state index in [0.717, 1.165) is 3.79 Å². The molecule has 0 radical (unpaired) electrons. The molecular weight excluding hydrogens is 406 g/mol. The number of hydrogen-bond acceptors (Lipinski definition) is 5. The number of thiophene rings is 1. The van der Waals surface area contributed by atoms with Gasteiger partial charge in [-0.2, -0.15) is 0 Å². The highest BCUT2D eigenvalue weighted by molar-refractivity contribution is 9.11. The summed E-state index contributed by atoms with van der Waals surface area (Å²) in [5.41, 5.74) is 1.97. The molecule has 0 bridgehead atoms. The van der Waals surface area contributed by atoms with Crippen molar-refractivity contribution >= 4 is 55.9 Å². The molecule has 0 fully saturated rings. The fourth-order valence-corrected chi connectivity index (χ4v) is 3.46. The average molecular weight is 422 g/mol. The fourth-order valence-electron chi connectivity index (χ4n) is 2.16. The monoisotopic (exact) mass is 421 g/mol. The van der Waals surface area contributed by atoms with Gasteiger partial charge < -0.3 is 15.1 Å². The molecule has 6 nitrogen and oxygen atoms in total. The second-order valence-electron chi connectivity index (χ2n) is 5.72. The number of rotatable bonds is 5. The number of amides is 2. The molecule has 0 saturated carbocycles. The highest BCUT2D eigenvalue weighted by atomic mass is 79.9. The molecule has 0 aliphatic carbocycles. The lowest BCUT2D eigenvalue weighted by molar-refractivity contribution is -0.115. The summed E-state index contributed by atoms with van der Waals surface area (Å²) in [6, 6.07) is 8.76. The van der Waals surface area contributed by atoms with E-state index >= 15 is 0 Å². The normalized spacial score (nSPS) is 11.0. The standard InChI is InChI=1S/C17H16BrN3O3S/c1-9(2)17-21-11-7-10(3-4-12(11)24-17)20-15(22)8-19-16(23)13-5-6-14(18)25-13/h3-7,9H,8H2,1-2H3,(H,19,23)(H,20,22). The lowest BCUT2D eigenvalue weighted by Gasteiger charge is -2.06. The minimum Gasteiger partial charge on any atom is -0.440 e. The first-order chi connectivity index (χ1) is 11.9. The van der Waals surface area contributed by atoms with Crippen LogP contribution in [0.1, 0.15) is 35.3 Å². The number of hydrogen-bond donors (Lipinski definition) is 2. The number of carbonyl (C=O) groups is 2. The number of oxazole rings is 1. The molecule has 25 heavy (non-hydrogen) atoms. The molecule has 0 atom stereocenters. The van der Waals surface area contributed by atoms with Gasteiger partial charge in [0.05, 0.1) is 15.2 Å². The van der Waals surface area contributed by atoms with Gasteiger partial charge in [-0.15, -0.1) is 11.3 Å². The van der Waals surface area contributed by atoms with Gasteiger partial charge in [0.1, 0.15) is 5.52 Å². The van der Waals surface area contributed by atoms with Crippen LogP contribution in [0.4, 0.5) is 5.69 Å². The topological polar surface area (TPSA) is 84.2 Å². The molecule has 3 aromatic rings. The maximum atomic E-state index is 12.0. The Labute approximate surface area is 156 Å². The molecule has 1 aromatic carbocycles. The molecule has 0 aliphatic heterocycles. The molecule has 2 heterocycles. The maximum absolute atomic E-state index is 12.0. The Hall–Kier alpha value is -2.19. The number of carbonyl (C=O) groups excluding carboxylic acids is 2. The minimum atomic E-state index is -0.309. The van der Waals surface area contributed by atoms with Crippen LogP contribution in [-0.2, 0) is 4.79 Å². The van der Waals surface area contributed by atoms with E-state index in [2.05, 4.69) is 31.5 Å². The van der Waals surface area contributed by atoms with Gasteiger partial charge in [0.25, 0.3) is 5.91 Å². The number of aromatic nitrogens is 1. The number of fused-ring (bicyclic) bond motifs is 1. The summed E-state index contributed by atoms with van der Waals surface area (Å²) in [6.45, 7) is 3.90. The molecule has 0 unspecified atom stereocenters. The van der Waals surface area contributed by atoms with Crippen LogP contribution in [0.5, 0.6) is 0 Å². The van der Waals surface area contributed by atoms with Gasteiger partial charge in [0.2, 0.25) is 5.91 Å². The molecular formula is C17H16BrN3O3S. The van der Waals surface area contributed by atoms with Crippen molar-refractivity contribution in [2.45, 2.75) is 19.8 Å². The van der Waals surface area contributed by atoms with Gasteiger partial charge in [-0.1, -0.05) is 13.8 Å². The van der Waals surface area contributed by atoms with E-state index in [1.807, 2.05) is 13.8 Å². The summed E-state index contributed by atoms with van der Waals surface area (Å²) in [5.74, 6) is 0.265. The Balaban J connectivity index is 1.60. The third kappa shape index (κ3) is 4.26. The third-order valence-corrected chi connectivity index (χ3v) is 5.01. The van der Waals surface area contributed by atoms with E-state index in [1.165, 1.54) is 11.3 Å². The Morgan fingerprint density at radius 2 is 2.08 bits per heavy atom. The van der Waals surface area contributed by atoms with E-state index < -0.39 is 0 Å². The molecule has 0 saturated heterocycles. The second kappa shape index (κ2) is 7.37. The first-order valence-electron chi connectivity index (χ1n) is 7.66. The summed E-state index contributed by atoms with van der Waals surface area (Å²) in [6.07, 6.45) is 0. The van der Waals surface area contributed by atoms with Crippen molar-refractivity contribution in [1.29, 1.82) is 0 Å². The van der Waals surface area contributed by atoms with Crippen molar-refractivity contribution in [2.24, 2.45) is 0 Å². The summed E-state index contributed by atoms with van der Waals surface area (Å²) in [4.78, 5) is 28.9. The molecule has 2 aromatic heterocycles. The summed E-state index contributed by atoms with van der Waals surface area (Å²) in [5, 5.41) is 5.34. The molecule has 2 N–H and O–H groups in total. The summed E-state index contributed by atoms with van der Waals surface area (Å²) < 4.78 is 6.50. The third-order valence-electron chi connectivity index (χ3n) is 3.39. The van der Waals surface area contributed by atoms with E-state index in [9.17, 15) is 9.59 Å². The lowest BCUT2D eigenvalue weighted by Crippen LogP contribution is -2.32. The Kier molecular flexibility index (Phi) is 5.19. The first-order valence-corrected chi connectivity index (χ1v) is 9.27. The SMILES string of the molecule is CC(C)c1nc2cc(NC(=O)CNC(=O)c3ccc(Br)s3)ccc2o1. The Morgan fingerprint density at radius 1 is 1.28 bits per heavy atom. The number of benzene rings is 1. The van der Waals surface area contributed by atoms with Gasteiger partial charge in [0, 0.05) is 11.6 Å². The summed E-state index contributed by atoms with van der Waals surface area (Å²) in [7, 11) is 0. The fraction of sp³-hybridized carbons (Fsp3) is 0.235. The molecule has 2 amide bonds. The second-order valence-corrected chi connectivity index (χ2v) is 8.19. The average Bonchev–Trinajstić information content (AvgIpc) is 3.18. The first kappa shape index (κ1) is 17.6. The maximum Gasteiger partial charge on any atom is 0.261 e. The van der Waals surface area contributed by atoms with E-state index in [-0.39, 0.29) is 24.3 Å². The van der Waals surface area contributed by atoms with Crippen molar-refractivity contribution < 1.29 is 14.0 Å². The van der Waals surface area contributed by atoms with Crippen LogP contribution < -0.4 is 10.6 Å². The van der Waals surface area contributed by atoms with Crippen LogP contribution >= 0.6 is 27.3 Å². The molecule has 0 aliphatic rings. The van der Waals surface area contributed by atoms with Gasteiger partial charge in [-0.05, 0) is 46.3 Å². The van der Waals surface area contributed by atoms with Gasteiger partial charge in [-0.3, -0.25) is 9.59 Å². The van der Waals surface area contributed by atoms with E-state index in [0.29, 0.717) is 27.6 Å². The summed E-state index contributed by atoms with van der Waals surface area (Å²) >= 11 is 4.61. The highest BCUT2D eigenvalue weighted by Gasteiger charge is 2.12. The van der Waals surface area contributed by atoms with Crippen LogP contribution in [0.15, 0.2) is 38.5 Å². The van der Waals surface area contributed by atoms with Crippen molar-refractivity contribution in [2.75, 3.05) is 11.9 Å². The zero-order chi connectivity index (χ0) is 18.0. The molecule has 130 valence electrons. The van der Waals surface area contributed by atoms with E-state index in [4.69, 9.17) is 4.42 Å². The van der Waals surface area contributed by atoms with Crippen LogP contribution in [0.2, 0.25) is 0 Å². The Bertz CT molecular complexity index is 932. The quantitative estimate of drug-likeness (QED) is 0.647. The van der Waals surface area contributed by atoms with Crippen molar-refractivity contribution in [3.8, 4) is 0 Å². The zero-order valence-electron chi connectivity index (χ0n) is 13.6. The predicted molar refractivity (Wildman–Crippen MR) is 101 cm³/mol. The van der Waals surface area contributed by atoms with Crippen LogP contribution in [0.3, 0.4) is 0 Å². The van der Waals surface area contributed by atoms with Gasteiger partial charge >= 0.3 is 0 Å². The molecule has 3 rings (SSSR count). The number of nitrogens with one attached hydrogen (secondary N) is 2. The van der Waals surface area contributed by atoms with Crippen LogP contribution in [0, 0.1) is 0 Å². The minimum absolute atomic E-state index is 0.109. The molecule has 0 spiro atoms. The number of halogens is 1.